The lowest BCUT2D eigenvalue weighted by molar-refractivity contribution is 0.175. The molecule has 1 fully saturated rings. The molecule has 1 atom stereocenters. The van der Waals surface area contributed by atoms with Gasteiger partial charge >= 0.3 is 6.09 Å². The molecular weight excluding hydrogens is 424 g/mol. The normalized spacial score (nSPS) is 19.2. The third kappa shape index (κ3) is 3.75. The van der Waals surface area contributed by atoms with Gasteiger partial charge in [-0.15, -0.1) is 0 Å². The molecule has 6 nitrogen and oxygen atoms in total. The van der Waals surface area contributed by atoms with Gasteiger partial charge in [-0.2, -0.15) is 0 Å². The summed E-state index contributed by atoms with van der Waals surface area (Å²) >= 11 is 6.05. The van der Waals surface area contributed by atoms with Gasteiger partial charge in [0, 0.05) is 36.0 Å². The third-order valence-electron chi connectivity index (χ3n) is 6.97. The zero-order chi connectivity index (χ0) is 22.2. The summed E-state index contributed by atoms with van der Waals surface area (Å²) in [5, 5.41) is 0.639. The van der Waals surface area contributed by atoms with Crippen molar-refractivity contribution in [2.75, 3.05) is 12.0 Å². The second-order valence-corrected chi connectivity index (χ2v) is 9.43. The van der Waals surface area contributed by atoms with Crippen molar-refractivity contribution >= 4 is 34.4 Å². The molecular formula is C25H29ClN4O2. The van der Waals surface area contributed by atoms with Crippen LogP contribution in [0, 0.1) is 0 Å². The fraction of sp³-hybridized carbons (Fsp3) is 0.480. The molecule has 3 aromatic rings. The maximum Gasteiger partial charge on any atom is 0.414 e. The van der Waals surface area contributed by atoms with Gasteiger partial charge in [-0.05, 0) is 56.9 Å². The molecule has 2 aromatic heterocycles. The first-order valence-corrected chi connectivity index (χ1v) is 11.9. The van der Waals surface area contributed by atoms with Crippen LogP contribution in [0.1, 0.15) is 68.6 Å². The second-order valence-electron chi connectivity index (χ2n) is 8.99. The maximum atomic E-state index is 12.5. The van der Waals surface area contributed by atoms with Gasteiger partial charge in [0.1, 0.15) is 5.82 Å². The lowest BCUT2D eigenvalue weighted by Crippen LogP contribution is -2.42. The summed E-state index contributed by atoms with van der Waals surface area (Å²) in [5.41, 5.74) is 5.20. The summed E-state index contributed by atoms with van der Waals surface area (Å²) in [6, 6.07) is 8.63. The van der Waals surface area contributed by atoms with Crippen molar-refractivity contribution in [2.24, 2.45) is 0 Å². The quantitative estimate of drug-likeness (QED) is 0.482. The first-order chi connectivity index (χ1) is 15.6. The van der Waals surface area contributed by atoms with Crippen LogP contribution in [0.3, 0.4) is 0 Å². The van der Waals surface area contributed by atoms with E-state index < -0.39 is 0 Å². The van der Waals surface area contributed by atoms with Crippen LogP contribution in [0.4, 0.5) is 10.5 Å². The second kappa shape index (κ2) is 8.74. The molecule has 1 amide bonds. The Morgan fingerprint density at radius 3 is 2.69 bits per heavy atom. The van der Waals surface area contributed by atoms with Gasteiger partial charge < -0.3 is 9.30 Å². The highest BCUT2D eigenvalue weighted by molar-refractivity contribution is 6.30. The van der Waals surface area contributed by atoms with Crippen molar-refractivity contribution in [1.29, 1.82) is 0 Å². The minimum atomic E-state index is -0.310. The molecule has 1 aliphatic heterocycles. The Morgan fingerprint density at radius 1 is 1.16 bits per heavy atom. The van der Waals surface area contributed by atoms with Crippen LogP contribution in [0.15, 0.2) is 30.5 Å². The number of hydrogen-bond donors (Lipinski definition) is 0. The summed E-state index contributed by atoms with van der Waals surface area (Å²) in [5.74, 6) is 1.04. The predicted octanol–water partition coefficient (Wildman–Crippen LogP) is 6.09. The highest BCUT2D eigenvalue weighted by Crippen LogP contribution is 2.39. The SMILES string of the molecule is COC(=O)N1c2ccc3c(nc(Cc4ccc(Cl)cn4)n3C3CCCCC3)c2CC[C@@H]1C. The molecule has 0 spiro atoms. The summed E-state index contributed by atoms with van der Waals surface area (Å²) in [7, 11) is 1.44. The summed E-state index contributed by atoms with van der Waals surface area (Å²) in [6.45, 7) is 2.07. The highest BCUT2D eigenvalue weighted by atomic mass is 35.5. The number of carbonyl (C=O) groups excluding carboxylic acids is 1. The third-order valence-corrected chi connectivity index (χ3v) is 7.19. The van der Waals surface area contributed by atoms with E-state index in [2.05, 4.69) is 28.6 Å². The van der Waals surface area contributed by atoms with E-state index in [1.165, 1.54) is 44.7 Å². The maximum absolute atomic E-state index is 12.5. The van der Waals surface area contributed by atoms with Gasteiger partial charge in [0.2, 0.25) is 0 Å². The average molecular weight is 453 g/mol. The molecule has 7 heteroatoms. The molecule has 1 aromatic carbocycles. The minimum Gasteiger partial charge on any atom is -0.452 e. The number of hydrogen-bond acceptors (Lipinski definition) is 4. The van der Waals surface area contributed by atoms with E-state index in [0.29, 0.717) is 17.5 Å². The van der Waals surface area contributed by atoms with Crippen LogP contribution in [-0.4, -0.2) is 33.8 Å². The number of benzene rings is 1. The number of aromatic nitrogens is 3. The molecule has 1 saturated carbocycles. The Morgan fingerprint density at radius 2 is 1.97 bits per heavy atom. The molecule has 3 heterocycles. The van der Waals surface area contributed by atoms with E-state index >= 15 is 0 Å². The molecule has 168 valence electrons. The van der Waals surface area contributed by atoms with Crippen molar-refractivity contribution in [3.63, 3.8) is 0 Å². The Kier molecular flexibility index (Phi) is 5.80. The number of pyridine rings is 1. The van der Waals surface area contributed by atoms with Gasteiger partial charge in [0.15, 0.2) is 0 Å². The van der Waals surface area contributed by atoms with E-state index in [1.807, 2.05) is 12.1 Å². The fourth-order valence-corrected chi connectivity index (χ4v) is 5.48. The number of ether oxygens (including phenoxy) is 1. The van der Waals surface area contributed by atoms with E-state index in [-0.39, 0.29) is 12.1 Å². The molecule has 2 aliphatic rings. The van der Waals surface area contributed by atoms with Crippen LogP contribution >= 0.6 is 11.6 Å². The number of fused-ring (bicyclic) bond motifs is 3. The van der Waals surface area contributed by atoms with Crippen LogP contribution in [0.2, 0.25) is 5.02 Å². The van der Waals surface area contributed by atoms with Crippen molar-refractivity contribution in [3.8, 4) is 0 Å². The molecule has 1 aliphatic carbocycles. The monoisotopic (exact) mass is 452 g/mol. The summed E-state index contributed by atoms with van der Waals surface area (Å²) < 4.78 is 7.53. The molecule has 0 bridgehead atoms. The molecule has 5 rings (SSSR count). The smallest absolute Gasteiger partial charge is 0.414 e. The van der Waals surface area contributed by atoms with Crippen molar-refractivity contribution in [1.82, 2.24) is 14.5 Å². The van der Waals surface area contributed by atoms with Gasteiger partial charge in [-0.3, -0.25) is 9.88 Å². The first-order valence-electron chi connectivity index (χ1n) is 11.6. The average Bonchev–Trinajstić information content (AvgIpc) is 3.18. The lowest BCUT2D eigenvalue weighted by atomic mass is 9.94. The Labute approximate surface area is 193 Å². The molecule has 0 N–H and O–H groups in total. The zero-order valence-corrected chi connectivity index (χ0v) is 19.4. The van der Waals surface area contributed by atoms with E-state index in [0.717, 1.165) is 41.1 Å². The van der Waals surface area contributed by atoms with Gasteiger partial charge in [0.25, 0.3) is 0 Å². The number of halogens is 1. The van der Waals surface area contributed by atoms with Crippen molar-refractivity contribution < 1.29 is 9.53 Å². The van der Waals surface area contributed by atoms with E-state index in [9.17, 15) is 4.79 Å². The van der Waals surface area contributed by atoms with Crippen LogP contribution in [0.5, 0.6) is 0 Å². The Bertz CT molecular complexity index is 1140. The van der Waals surface area contributed by atoms with E-state index in [1.54, 1.807) is 11.1 Å². The largest absolute Gasteiger partial charge is 0.452 e. The number of aryl methyl sites for hydroxylation is 1. The highest BCUT2D eigenvalue weighted by Gasteiger charge is 2.32. The summed E-state index contributed by atoms with van der Waals surface area (Å²) in [4.78, 5) is 24.0. The number of carbonyl (C=O) groups is 1. The molecule has 0 saturated heterocycles. The van der Waals surface area contributed by atoms with Crippen molar-refractivity contribution in [2.45, 2.75) is 70.4 Å². The van der Waals surface area contributed by atoms with Crippen LogP contribution in [0.25, 0.3) is 11.0 Å². The zero-order valence-electron chi connectivity index (χ0n) is 18.7. The number of amides is 1. The standard InChI is InChI=1S/C25H29ClN4O2/c1-16-8-11-20-21(29(16)25(31)32-2)12-13-22-24(20)28-23(14-18-10-9-17(26)15-27-18)30(22)19-6-4-3-5-7-19/h9-10,12-13,15-16,19H,3-8,11,14H2,1-2H3/t16-/m0/s1. The fourth-order valence-electron chi connectivity index (χ4n) is 5.37. The number of imidazole rings is 1. The van der Waals surface area contributed by atoms with Crippen LogP contribution in [-0.2, 0) is 17.6 Å². The number of methoxy groups -OCH3 is 1. The first kappa shape index (κ1) is 21.3. The number of rotatable bonds is 3. The number of nitrogens with zero attached hydrogens (tertiary/aromatic N) is 4. The summed E-state index contributed by atoms with van der Waals surface area (Å²) in [6.07, 6.45) is 10.0. The Hall–Kier alpha value is -2.60. The van der Waals surface area contributed by atoms with Crippen LogP contribution < -0.4 is 4.90 Å². The van der Waals surface area contributed by atoms with Gasteiger partial charge in [-0.1, -0.05) is 30.9 Å². The lowest BCUT2D eigenvalue weighted by Gasteiger charge is -2.34. The Balaban J connectivity index is 1.65. The molecule has 0 unspecified atom stereocenters. The molecule has 32 heavy (non-hydrogen) atoms. The number of anilines is 1. The predicted molar refractivity (Wildman–Crippen MR) is 127 cm³/mol. The van der Waals surface area contributed by atoms with E-state index in [4.69, 9.17) is 21.3 Å². The van der Waals surface area contributed by atoms with Gasteiger partial charge in [-0.25, -0.2) is 9.78 Å². The minimum absolute atomic E-state index is 0.102. The molecule has 0 radical (unpaired) electrons. The topological polar surface area (TPSA) is 60.2 Å². The van der Waals surface area contributed by atoms with Crippen molar-refractivity contribution in [3.05, 3.63) is 52.6 Å². The van der Waals surface area contributed by atoms with Gasteiger partial charge in [0.05, 0.1) is 28.9 Å².